The van der Waals surface area contributed by atoms with Crippen LogP contribution in [0.5, 0.6) is 0 Å². The van der Waals surface area contributed by atoms with Crippen LogP contribution in [0.15, 0.2) is 12.1 Å². The van der Waals surface area contributed by atoms with E-state index in [4.69, 9.17) is 10.5 Å². The van der Waals surface area contributed by atoms with Crippen molar-refractivity contribution >= 4 is 17.0 Å². The fourth-order valence-electron chi connectivity index (χ4n) is 2.50. The fourth-order valence-corrected chi connectivity index (χ4v) is 2.50. The van der Waals surface area contributed by atoms with E-state index in [0.717, 1.165) is 6.07 Å². The Balaban J connectivity index is 2.34. The minimum Gasteiger partial charge on any atom is -0.379 e. The summed E-state index contributed by atoms with van der Waals surface area (Å²) in [5.74, 6) is -1.63. The van der Waals surface area contributed by atoms with Crippen LogP contribution in [0.1, 0.15) is 13.3 Å². The fraction of sp³-hybridized carbons (Fsp3) is 0.417. The second-order valence-electron chi connectivity index (χ2n) is 4.83. The second kappa shape index (κ2) is 3.65. The molecule has 1 atom stereocenters. The van der Waals surface area contributed by atoms with Gasteiger partial charge >= 0.3 is 0 Å². The van der Waals surface area contributed by atoms with Crippen LogP contribution in [-0.4, -0.2) is 22.8 Å². The second-order valence-corrected chi connectivity index (χ2v) is 4.83. The molecule has 18 heavy (non-hydrogen) atoms. The molecule has 0 spiro atoms. The smallest absolute Gasteiger partial charge is 0.201 e. The number of hydrogen-bond acceptors (Lipinski definition) is 3. The molecule has 0 bridgehead atoms. The average molecular weight is 253 g/mol. The summed E-state index contributed by atoms with van der Waals surface area (Å²) >= 11 is 0. The summed E-state index contributed by atoms with van der Waals surface area (Å²) in [5.41, 5.74) is 5.84. The highest BCUT2D eigenvalue weighted by atomic mass is 19.2. The van der Waals surface area contributed by atoms with Gasteiger partial charge in [-0.25, -0.2) is 13.8 Å². The molecular weight excluding hydrogens is 240 g/mol. The van der Waals surface area contributed by atoms with Gasteiger partial charge in [-0.15, -0.1) is 0 Å². The van der Waals surface area contributed by atoms with Crippen LogP contribution < -0.4 is 5.73 Å². The number of anilines is 1. The lowest BCUT2D eigenvalue weighted by Gasteiger charge is -2.26. The van der Waals surface area contributed by atoms with E-state index >= 15 is 0 Å². The maximum absolute atomic E-state index is 14.0. The topological polar surface area (TPSA) is 53.1 Å². The molecule has 0 aliphatic carbocycles. The number of fused-ring (bicyclic) bond motifs is 1. The molecule has 2 heterocycles. The van der Waals surface area contributed by atoms with Gasteiger partial charge in [-0.3, -0.25) is 4.57 Å². The van der Waals surface area contributed by atoms with Crippen LogP contribution in [0.3, 0.4) is 0 Å². The van der Waals surface area contributed by atoms with Crippen molar-refractivity contribution < 1.29 is 13.5 Å². The van der Waals surface area contributed by atoms with E-state index in [0.29, 0.717) is 25.2 Å². The number of halogens is 2. The summed E-state index contributed by atoms with van der Waals surface area (Å²) in [5, 5.41) is 0. The first kappa shape index (κ1) is 11.4. The minimum atomic E-state index is -0.912. The number of rotatable bonds is 1. The third-order valence-electron chi connectivity index (χ3n) is 3.47. The van der Waals surface area contributed by atoms with Crippen LogP contribution in [0.2, 0.25) is 0 Å². The molecule has 1 aromatic heterocycles. The highest BCUT2D eigenvalue weighted by molar-refractivity contribution is 5.79. The number of nitrogen functional groups attached to an aromatic ring is 1. The molecule has 1 unspecified atom stereocenters. The predicted octanol–water partition coefficient (Wildman–Crippen LogP) is 2.03. The van der Waals surface area contributed by atoms with E-state index in [-0.39, 0.29) is 11.5 Å². The minimum absolute atomic E-state index is 0.112. The number of imidazole rings is 1. The van der Waals surface area contributed by atoms with Gasteiger partial charge in [0.1, 0.15) is 5.52 Å². The molecular formula is C12H13F2N3O. The quantitative estimate of drug-likeness (QED) is 0.846. The molecule has 0 amide bonds. The van der Waals surface area contributed by atoms with E-state index < -0.39 is 17.2 Å². The Morgan fingerprint density at radius 3 is 2.89 bits per heavy atom. The van der Waals surface area contributed by atoms with Gasteiger partial charge in [0.05, 0.1) is 17.7 Å². The molecule has 0 radical (unpaired) electrons. The first-order chi connectivity index (χ1) is 8.53. The van der Waals surface area contributed by atoms with Gasteiger partial charge in [0.15, 0.2) is 11.6 Å². The van der Waals surface area contributed by atoms with Gasteiger partial charge in [-0.05, 0) is 25.5 Å². The third-order valence-corrected chi connectivity index (χ3v) is 3.47. The molecule has 3 rings (SSSR count). The van der Waals surface area contributed by atoms with Crippen molar-refractivity contribution in [2.24, 2.45) is 0 Å². The lowest BCUT2D eigenvalue weighted by atomic mass is 10.0. The van der Waals surface area contributed by atoms with Crippen molar-refractivity contribution in [3.05, 3.63) is 23.8 Å². The highest BCUT2D eigenvalue weighted by Crippen LogP contribution is 2.34. The molecule has 6 heteroatoms. The predicted molar refractivity (Wildman–Crippen MR) is 63.1 cm³/mol. The number of hydrogen-bond donors (Lipinski definition) is 1. The number of nitrogens with zero attached hydrogens (tertiary/aromatic N) is 2. The van der Waals surface area contributed by atoms with Crippen LogP contribution in [0.4, 0.5) is 14.7 Å². The summed E-state index contributed by atoms with van der Waals surface area (Å²) in [4.78, 5) is 4.08. The van der Waals surface area contributed by atoms with Gasteiger partial charge in [0, 0.05) is 6.61 Å². The lowest BCUT2D eigenvalue weighted by molar-refractivity contribution is 0.163. The Morgan fingerprint density at radius 2 is 2.22 bits per heavy atom. The summed E-state index contributed by atoms with van der Waals surface area (Å²) in [6, 6.07) is 2.49. The molecule has 1 fully saturated rings. The van der Waals surface area contributed by atoms with Gasteiger partial charge < -0.3 is 10.5 Å². The molecule has 1 aromatic carbocycles. The number of benzene rings is 1. The maximum Gasteiger partial charge on any atom is 0.201 e. The maximum atomic E-state index is 14.0. The zero-order valence-corrected chi connectivity index (χ0v) is 9.91. The first-order valence-electron chi connectivity index (χ1n) is 5.73. The zero-order chi connectivity index (χ0) is 12.9. The van der Waals surface area contributed by atoms with Crippen molar-refractivity contribution in [1.82, 2.24) is 9.55 Å². The molecule has 0 saturated carbocycles. The molecule has 96 valence electrons. The average Bonchev–Trinajstić information content (AvgIpc) is 2.89. The van der Waals surface area contributed by atoms with Crippen molar-refractivity contribution in [3.63, 3.8) is 0 Å². The Bertz CT molecular complexity index is 617. The standard InChI is InChI=1S/C12H13F2N3O/c1-12(4-5-18-6-12)17-10-8(16-11(17)15)3-2-7(13)9(10)14/h2-3H,4-6H2,1H3,(H2,15,16). The molecule has 1 aliphatic rings. The number of ether oxygens (including phenoxy) is 1. The molecule has 2 N–H and O–H groups in total. The molecule has 4 nitrogen and oxygen atoms in total. The highest BCUT2D eigenvalue weighted by Gasteiger charge is 2.35. The lowest BCUT2D eigenvalue weighted by Crippen LogP contribution is -2.31. The van der Waals surface area contributed by atoms with E-state index in [9.17, 15) is 8.78 Å². The molecule has 1 saturated heterocycles. The van der Waals surface area contributed by atoms with Gasteiger partial charge in [-0.1, -0.05) is 0 Å². The van der Waals surface area contributed by atoms with E-state index in [2.05, 4.69) is 4.98 Å². The third kappa shape index (κ3) is 1.42. The van der Waals surface area contributed by atoms with Crippen molar-refractivity contribution in [1.29, 1.82) is 0 Å². The van der Waals surface area contributed by atoms with E-state index in [1.54, 1.807) is 4.57 Å². The number of nitrogens with two attached hydrogens (primary N) is 1. The monoisotopic (exact) mass is 253 g/mol. The first-order valence-corrected chi connectivity index (χ1v) is 5.73. The van der Waals surface area contributed by atoms with Crippen molar-refractivity contribution in [3.8, 4) is 0 Å². The van der Waals surface area contributed by atoms with E-state index in [1.807, 2.05) is 6.92 Å². The summed E-state index contributed by atoms with van der Waals surface area (Å²) in [6.07, 6.45) is 0.693. The van der Waals surface area contributed by atoms with Crippen LogP contribution in [0, 0.1) is 11.6 Å². The number of aromatic nitrogens is 2. The van der Waals surface area contributed by atoms with Crippen LogP contribution in [-0.2, 0) is 10.3 Å². The summed E-state index contributed by atoms with van der Waals surface area (Å²) < 4.78 is 34.2. The van der Waals surface area contributed by atoms with Crippen molar-refractivity contribution in [2.45, 2.75) is 18.9 Å². The largest absolute Gasteiger partial charge is 0.379 e. The zero-order valence-electron chi connectivity index (χ0n) is 9.91. The molecule has 2 aromatic rings. The Hall–Kier alpha value is -1.69. The van der Waals surface area contributed by atoms with Gasteiger partial charge in [0.25, 0.3) is 0 Å². The normalized spacial score (nSPS) is 23.9. The summed E-state index contributed by atoms with van der Waals surface area (Å²) in [7, 11) is 0. The Labute approximate surface area is 102 Å². The van der Waals surface area contributed by atoms with E-state index in [1.165, 1.54) is 6.07 Å². The SMILES string of the molecule is CC1(n2c(N)nc3ccc(F)c(F)c32)CCOC1. The van der Waals surface area contributed by atoms with Crippen LogP contribution >= 0.6 is 0 Å². The van der Waals surface area contributed by atoms with Gasteiger partial charge in [0.2, 0.25) is 5.95 Å². The Kier molecular flexibility index (Phi) is 2.31. The molecule has 1 aliphatic heterocycles. The van der Waals surface area contributed by atoms with Gasteiger partial charge in [-0.2, -0.15) is 0 Å². The van der Waals surface area contributed by atoms with Crippen molar-refractivity contribution in [2.75, 3.05) is 18.9 Å². The Morgan fingerprint density at radius 1 is 1.44 bits per heavy atom. The summed E-state index contributed by atoms with van der Waals surface area (Å²) in [6.45, 7) is 2.90. The van der Waals surface area contributed by atoms with Crippen LogP contribution in [0.25, 0.3) is 11.0 Å².